The van der Waals surface area contributed by atoms with Gasteiger partial charge in [-0.05, 0) is 56.9 Å². The topological polar surface area (TPSA) is 55.8 Å². The second-order valence-corrected chi connectivity index (χ2v) is 11.0. The van der Waals surface area contributed by atoms with Gasteiger partial charge in [0, 0.05) is 17.3 Å². The Morgan fingerprint density at radius 2 is 1.55 bits per heavy atom. The van der Waals surface area contributed by atoms with E-state index in [0.717, 1.165) is 0 Å². The molecule has 3 aliphatic rings. The largest absolute Gasteiger partial charge is 0.481 e. The van der Waals surface area contributed by atoms with Crippen molar-refractivity contribution in [2.24, 2.45) is 5.41 Å². The Morgan fingerprint density at radius 1 is 1.06 bits per heavy atom. The van der Waals surface area contributed by atoms with Crippen LogP contribution < -0.4 is 0 Å². The summed E-state index contributed by atoms with van der Waals surface area (Å²) in [5.74, 6) is -0.862. The van der Waals surface area contributed by atoms with E-state index >= 15 is 0 Å². The van der Waals surface area contributed by atoms with E-state index in [2.05, 4.69) is 62.4 Å². The van der Waals surface area contributed by atoms with Crippen molar-refractivity contribution >= 4 is 17.7 Å². The molecule has 1 aliphatic carbocycles. The first-order chi connectivity index (χ1) is 14.6. The summed E-state index contributed by atoms with van der Waals surface area (Å²) in [5.41, 5.74) is 3.66. The number of aliphatic carboxylic acids is 1. The molecule has 2 aromatic carbocycles. The van der Waals surface area contributed by atoms with Gasteiger partial charge in [-0.3, -0.25) is 4.79 Å². The SMILES string of the molecule is CCOC(C)O[C@H]([C@H]1SC2(C)c3ccccc3C1(C)c1ccccc12)C(C)(C)C(=O)O. The Morgan fingerprint density at radius 3 is 2.00 bits per heavy atom. The maximum absolute atomic E-state index is 12.4. The van der Waals surface area contributed by atoms with Crippen molar-refractivity contribution in [3.05, 3.63) is 70.8 Å². The molecule has 0 saturated heterocycles. The number of carboxylic acid groups (broad SMARTS) is 1. The van der Waals surface area contributed by atoms with E-state index in [1.54, 1.807) is 13.8 Å². The third-order valence-electron chi connectivity index (χ3n) is 7.21. The molecule has 5 rings (SSSR count). The van der Waals surface area contributed by atoms with Crippen LogP contribution in [0.1, 0.15) is 63.8 Å². The minimum Gasteiger partial charge on any atom is -0.481 e. The number of benzene rings is 2. The third-order valence-corrected chi connectivity index (χ3v) is 9.09. The molecule has 2 aliphatic heterocycles. The van der Waals surface area contributed by atoms with Gasteiger partial charge in [-0.15, -0.1) is 11.8 Å². The smallest absolute Gasteiger partial charge is 0.311 e. The molecule has 4 nitrogen and oxygen atoms in total. The molecule has 2 bridgehead atoms. The lowest BCUT2D eigenvalue weighted by Gasteiger charge is -2.59. The van der Waals surface area contributed by atoms with Crippen LogP contribution in [0.2, 0.25) is 0 Å². The van der Waals surface area contributed by atoms with Gasteiger partial charge in [-0.2, -0.15) is 0 Å². The van der Waals surface area contributed by atoms with E-state index in [0.29, 0.717) is 6.61 Å². The van der Waals surface area contributed by atoms with Gasteiger partial charge in [-0.25, -0.2) is 0 Å². The van der Waals surface area contributed by atoms with Crippen molar-refractivity contribution in [2.75, 3.05) is 6.61 Å². The van der Waals surface area contributed by atoms with Gasteiger partial charge in [0.15, 0.2) is 6.29 Å². The minimum absolute atomic E-state index is 0.101. The first-order valence-corrected chi connectivity index (χ1v) is 11.8. The van der Waals surface area contributed by atoms with E-state index in [9.17, 15) is 9.90 Å². The average molecular weight is 441 g/mol. The maximum Gasteiger partial charge on any atom is 0.311 e. The third kappa shape index (κ3) is 3.16. The standard InChI is InChI=1S/C26H32O4S/c1-7-29-16(2)30-21(24(3,4)23(27)28)22-25(5)17-12-8-10-14-19(17)26(6,31-22)20-15-11-9-13-18(20)25/h8-16,21-22H,7H2,1-6H3,(H,27,28)/t16?,21-,22-,25?,26?/m1/s1. The normalized spacial score (nSPS) is 28.5. The molecule has 0 aromatic heterocycles. The summed E-state index contributed by atoms with van der Waals surface area (Å²) in [5, 5.41) is 10.1. The number of carboxylic acids is 1. The summed E-state index contributed by atoms with van der Waals surface area (Å²) in [6.07, 6.45) is -1.04. The van der Waals surface area contributed by atoms with Gasteiger partial charge < -0.3 is 14.6 Å². The average Bonchev–Trinajstić information content (AvgIpc) is 2.74. The summed E-state index contributed by atoms with van der Waals surface area (Å²) in [6, 6.07) is 17.2. The molecule has 3 atom stereocenters. The zero-order valence-electron chi connectivity index (χ0n) is 19.1. The van der Waals surface area contributed by atoms with E-state index in [1.165, 1.54) is 22.3 Å². The highest BCUT2D eigenvalue weighted by Gasteiger charge is 2.62. The highest BCUT2D eigenvalue weighted by molar-refractivity contribution is 8.01. The fourth-order valence-electron chi connectivity index (χ4n) is 5.39. The fourth-order valence-corrected chi connectivity index (χ4v) is 7.52. The number of ether oxygens (including phenoxy) is 2. The number of carbonyl (C=O) groups is 1. The Balaban J connectivity index is 1.94. The zero-order valence-corrected chi connectivity index (χ0v) is 20.0. The van der Waals surface area contributed by atoms with Crippen LogP contribution in [0.3, 0.4) is 0 Å². The van der Waals surface area contributed by atoms with E-state index < -0.39 is 23.8 Å². The quantitative estimate of drug-likeness (QED) is 0.571. The number of thioether (sulfide) groups is 1. The summed E-state index contributed by atoms with van der Waals surface area (Å²) >= 11 is 1.84. The number of rotatable bonds is 7. The molecule has 1 N–H and O–H groups in total. The molecule has 0 radical (unpaired) electrons. The number of hydrogen-bond acceptors (Lipinski definition) is 4. The predicted octanol–water partition coefficient (Wildman–Crippen LogP) is 5.56. The van der Waals surface area contributed by atoms with Gasteiger partial charge in [0.1, 0.15) is 0 Å². The van der Waals surface area contributed by atoms with Crippen LogP contribution in [0.4, 0.5) is 0 Å². The van der Waals surface area contributed by atoms with Crippen molar-refractivity contribution in [1.29, 1.82) is 0 Å². The van der Waals surface area contributed by atoms with E-state index in [-0.39, 0.29) is 15.4 Å². The molecule has 0 spiro atoms. The van der Waals surface area contributed by atoms with Crippen LogP contribution in [0.15, 0.2) is 48.5 Å². The van der Waals surface area contributed by atoms with Gasteiger partial charge in [0.05, 0.1) is 16.3 Å². The molecule has 31 heavy (non-hydrogen) atoms. The van der Waals surface area contributed by atoms with Crippen LogP contribution in [0.5, 0.6) is 0 Å². The van der Waals surface area contributed by atoms with Crippen molar-refractivity contribution in [2.45, 2.75) is 69.3 Å². The van der Waals surface area contributed by atoms with E-state index in [4.69, 9.17) is 9.47 Å². The van der Waals surface area contributed by atoms with E-state index in [1.807, 2.05) is 25.6 Å². The Hall–Kier alpha value is -1.82. The molecule has 0 saturated carbocycles. The highest BCUT2D eigenvalue weighted by atomic mass is 32.2. The number of fused-ring (bicyclic) bond motifs is 1. The first-order valence-electron chi connectivity index (χ1n) is 11.0. The fraction of sp³-hybridized carbons (Fsp3) is 0.500. The van der Waals surface area contributed by atoms with Crippen molar-refractivity contribution in [3.8, 4) is 0 Å². The number of hydrogen-bond donors (Lipinski definition) is 1. The second kappa shape index (κ2) is 7.65. The van der Waals surface area contributed by atoms with Crippen LogP contribution in [0.25, 0.3) is 0 Å². The first kappa shape index (κ1) is 22.4. The molecule has 2 heterocycles. The molecular formula is C26H32O4S. The monoisotopic (exact) mass is 440 g/mol. The lowest BCUT2D eigenvalue weighted by molar-refractivity contribution is -0.195. The van der Waals surface area contributed by atoms with Gasteiger partial charge in [-0.1, -0.05) is 55.5 Å². The van der Waals surface area contributed by atoms with Crippen molar-refractivity contribution < 1.29 is 19.4 Å². The zero-order chi connectivity index (χ0) is 22.6. The summed E-state index contributed by atoms with van der Waals surface area (Å²) < 4.78 is 11.8. The lowest BCUT2D eigenvalue weighted by atomic mass is 9.59. The lowest BCUT2D eigenvalue weighted by Crippen LogP contribution is -2.60. The Bertz CT molecular complexity index is 951. The summed E-state index contributed by atoms with van der Waals surface area (Å²) in [4.78, 5) is 12.4. The summed E-state index contributed by atoms with van der Waals surface area (Å²) in [7, 11) is 0. The van der Waals surface area contributed by atoms with Crippen LogP contribution >= 0.6 is 11.8 Å². The molecule has 2 aromatic rings. The van der Waals surface area contributed by atoms with Crippen LogP contribution in [0, 0.1) is 5.41 Å². The second-order valence-electron chi connectivity index (χ2n) is 9.47. The Kier molecular flexibility index (Phi) is 5.52. The molecular weight excluding hydrogens is 408 g/mol. The van der Waals surface area contributed by atoms with Gasteiger partial charge in [0.25, 0.3) is 0 Å². The highest BCUT2D eigenvalue weighted by Crippen LogP contribution is 2.66. The molecule has 166 valence electrons. The Labute approximate surface area is 189 Å². The molecule has 1 unspecified atom stereocenters. The van der Waals surface area contributed by atoms with Crippen LogP contribution in [-0.2, 0) is 24.4 Å². The summed E-state index contributed by atoms with van der Waals surface area (Å²) in [6.45, 7) is 12.3. The minimum atomic E-state index is -1.09. The predicted molar refractivity (Wildman–Crippen MR) is 125 cm³/mol. The molecule has 5 heteroatoms. The maximum atomic E-state index is 12.4. The van der Waals surface area contributed by atoms with Crippen molar-refractivity contribution in [1.82, 2.24) is 0 Å². The van der Waals surface area contributed by atoms with Gasteiger partial charge in [0.2, 0.25) is 0 Å². The van der Waals surface area contributed by atoms with Gasteiger partial charge >= 0.3 is 5.97 Å². The van der Waals surface area contributed by atoms with Crippen molar-refractivity contribution in [3.63, 3.8) is 0 Å². The van der Waals surface area contributed by atoms with Crippen LogP contribution in [-0.4, -0.2) is 35.3 Å². The molecule has 0 amide bonds. The molecule has 0 fully saturated rings.